The summed E-state index contributed by atoms with van der Waals surface area (Å²) in [6, 6.07) is 9.05. The second-order valence-corrected chi connectivity index (χ2v) is 6.43. The van der Waals surface area contributed by atoms with E-state index in [0.29, 0.717) is 0 Å². The molecule has 1 heterocycles. The van der Waals surface area contributed by atoms with Crippen molar-refractivity contribution < 1.29 is 9.53 Å². The van der Waals surface area contributed by atoms with Crippen LogP contribution in [0.3, 0.4) is 0 Å². The van der Waals surface area contributed by atoms with E-state index in [2.05, 4.69) is 17.0 Å². The summed E-state index contributed by atoms with van der Waals surface area (Å²) >= 11 is 0. The van der Waals surface area contributed by atoms with Crippen molar-refractivity contribution in [1.29, 1.82) is 0 Å². The monoisotopic (exact) mass is 302 g/mol. The third kappa shape index (κ3) is 3.12. The van der Waals surface area contributed by atoms with Crippen molar-refractivity contribution in [1.82, 2.24) is 9.80 Å². The van der Waals surface area contributed by atoms with Crippen molar-refractivity contribution in [3.63, 3.8) is 0 Å². The van der Waals surface area contributed by atoms with E-state index in [1.807, 2.05) is 17.0 Å². The number of methoxy groups -OCH3 is 1. The average Bonchev–Trinajstić information content (AvgIpc) is 3.09. The van der Waals surface area contributed by atoms with Crippen LogP contribution in [0.25, 0.3) is 0 Å². The Hall–Kier alpha value is -1.55. The molecule has 4 nitrogen and oxygen atoms in total. The zero-order valence-electron chi connectivity index (χ0n) is 13.6. The summed E-state index contributed by atoms with van der Waals surface area (Å²) in [5, 5.41) is 0. The number of nitrogens with zero attached hydrogens (tertiary/aromatic N) is 2. The van der Waals surface area contributed by atoms with Crippen LogP contribution >= 0.6 is 0 Å². The molecule has 1 aromatic rings. The SMILES string of the molecule is COc1ccc([C@H]2CN(C3CCCC3)CCN2C(C)=O)cc1. The molecule has 1 aromatic carbocycles. The summed E-state index contributed by atoms with van der Waals surface area (Å²) in [6.07, 6.45) is 5.33. The summed E-state index contributed by atoms with van der Waals surface area (Å²) in [4.78, 5) is 16.6. The first-order valence-corrected chi connectivity index (χ1v) is 8.34. The average molecular weight is 302 g/mol. The van der Waals surface area contributed by atoms with E-state index in [0.717, 1.165) is 31.4 Å². The molecule has 22 heavy (non-hydrogen) atoms. The predicted molar refractivity (Wildman–Crippen MR) is 87.0 cm³/mol. The van der Waals surface area contributed by atoms with E-state index < -0.39 is 0 Å². The van der Waals surface area contributed by atoms with Gasteiger partial charge in [0.05, 0.1) is 13.2 Å². The molecule has 0 bridgehead atoms. The largest absolute Gasteiger partial charge is 0.497 e. The molecule has 2 aliphatic rings. The summed E-state index contributed by atoms with van der Waals surface area (Å²) < 4.78 is 5.24. The van der Waals surface area contributed by atoms with Crippen LogP contribution in [0.2, 0.25) is 0 Å². The topological polar surface area (TPSA) is 32.8 Å². The highest BCUT2D eigenvalue weighted by Crippen LogP contribution is 2.31. The number of hydrogen-bond donors (Lipinski definition) is 0. The van der Waals surface area contributed by atoms with Crippen molar-refractivity contribution >= 4 is 5.91 Å². The molecular weight excluding hydrogens is 276 g/mol. The van der Waals surface area contributed by atoms with Gasteiger partial charge in [-0.15, -0.1) is 0 Å². The minimum absolute atomic E-state index is 0.165. The summed E-state index contributed by atoms with van der Waals surface area (Å²) in [7, 11) is 1.68. The lowest BCUT2D eigenvalue weighted by Gasteiger charge is -2.43. The Morgan fingerprint density at radius 3 is 2.41 bits per heavy atom. The Labute approximate surface area is 133 Å². The summed E-state index contributed by atoms with van der Waals surface area (Å²) in [5.41, 5.74) is 1.21. The maximum Gasteiger partial charge on any atom is 0.220 e. The van der Waals surface area contributed by atoms with Gasteiger partial charge in [-0.25, -0.2) is 0 Å². The quantitative estimate of drug-likeness (QED) is 0.861. The van der Waals surface area contributed by atoms with Crippen LogP contribution in [-0.2, 0) is 4.79 Å². The minimum atomic E-state index is 0.165. The molecule has 1 saturated carbocycles. The minimum Gasteiger partial charge on any atom is -0.497 e. The molecule has 0 unspecified atom stereocenters. The van der Waals surface area contributed by atoms with Crippen molar-refractivity contribution in [2.24, 2.45) is 0 Å². The van der Waals surface area contributed by atoms with Gasteiger partial charge >= 0.3 is 0 Å². The maximum absolute atomic E-state index is 12.0. The van der Waals surface area contributed by atoms with E-state index in [-0.39, 0.29) is 11.9 Å². The van der Waals surface area contributed by atoms with Gasteiger partial charge in [0.2, 0.25) is 5.91 Å². The van der Waals surface area contributed by atoms with Gasteiger partial charge in [-0.05, 0) is 30.5 Å². The zero-order chi connectivity index (χ0) is 15.5. The van der Waals surface area contributed by atoms with Gasteiger partial charge in [-0.1, -0.05) is 25.0 Å². The molecule has 1 atom stereocenters. The molecule has 1 aliphatic heterocycles. The molecule has 1 amide bonds. The standard InChI is InChI=1S/C18H26N2O2/c1-14(21)20-12-11-19(16-5-3-4-6-16)13-18(20)15-7-9-17(22-2)10-8-15/h7-10,16,18H,3-6,11-13H2,1-2H3/t18-/m1/s1. The van der Waals surface area contributed by atoms with E-state index in [9.17, 15) is 4.79 Å². The third-order valence-corrected chi connectivity index (χ3v) is 5.16. The maximum atomic E-state index is 12.0. The Morgan fingerprint density at radius 2 is 1.82 bits per heavy atom. The van der Waals surface area contributed by atoms with Crippen LogP contribution in [0.5, 0.6) is 5.75 Å². The number of ether oxygens (including phenoxy) is 1. The fourth-order valence-corrected chi connectivity index (χ4v) is 3.89. The van der Waals surface area contributed by atoms with Gasteiger partial charge < -0.3 is 9.64 Å². The molecule has 2 fully saturated rings. The van der Waals surface area contributed by atoms with Crippen molar-refractivity contribution in [2.75, 3.05) is 26.7 Å². The van der Waals surface area contributed by atoms with Gasteiger partial charge in [0.25, 0.3) is 0 Å². The summed E-state index contributed by atoms with van der Waals surface area (Å²) in [5.74, 6) is 1.04. The lowest BCUT2D eigenvalue weighted by Crippen LogP contribution is -2.52. The first-order chi connectivity index (χ1) is 10.7. The van der Waals surface area contributed by atoms with E-state index >= 15 is 0 Å². The Morgan fingerprint density at radius 1 is 1.14 bits per heavy atom. The zero-order valence-corrected chi connectivity index (χ0v) is 13.6. The number of piperazine rings is 1. The van der Waals surface area contributed by atoms with Crippen LogP contribution in [-0.4, -0.2) is 48.5 Å². The molecule has 1 saturated heterocycles. The van der Waals surface area contributed by atoms with Crippen LogP contribution < -0.4 is 4.74 Å². The van der Waals surface area contributed by atoms with Crippen molar-refractivity contribution in [3.8, 4) is 5.75 Å². The Bertz CT molecular complexity index is 508. The second-order valence-electron chi connectivity index (χ2n) is 6.43. The van der Waals surface area contributed by atoms with Crippen LogP contribution in [0.4, 0.5) is 0 Å². The van der Waals surface area contributed by atoms with Crippen LogP contribution in [0.15, 0.2) is 24.3 Å². The first kappa shape index (κ1) is 15.3. The van der Waals surface area contributed by atoms with E-state index in [1.165, 1.54) is 31.2 Å². The number of rotatable bonds is 3. The molecule has 0 N–H and O–H groups in total. The number of carbonyl (C=O) groups excluding carboxylic acids is 1. The molecule has 0 aromatic heterocycles. The first-order valence-electron chi connectivity index (χ1n) is 8.34. The van der Waals surface area contributed by atoms with Crippen molar-refractivity contribution in [2.45, 2.75) is 44.7 Å². The van der Waals surface area contributed by atoms with Crippen molar-refractivity contribution in [3.05, 3.63) is 29.8 Å². The lowest BCUT2D eigenvalue weighted by molar-refractivity contribution is -0.134. The molecule has 4 heteroatoms. The molecule has 0 radical (unpaired) electrons. The number of hydrogen-bond acceptors (Lipinski definition) is 3. The van der Waals surface area contributed by atoms with Crippen LogP contribution in [0.1, 0.15) is 44.2 Å². The lowest BCUT2D eigenvalue weighted by atomic mass is 10.0. The smallest absolute Gasteiger partial charge is 0.220 e. The fraction of sp³-hybridized carbons (Fsp3) is 0.611. The van der Waals surface area contributed by atoms with E-state index in [4.69, 9.17) is 4.74 Å². The normalized spacial score (nSPS) is 23.7. The van der Waals surface area contributed by atoms with Gasteiger partial charge in [0.15, 0.2) is 0 Å². The Kier molecular flexibility index (Phi) is 4.67. The second kappa shape index (κ2) is 6.69. The molecule has 120 valence electrons. The van der Waals surface area contributed by atoms with Gasteiger partial charge in [-0.3, -0.25) is 9.69 Å². The highest BCUT2D eigenvalue weighted by molar-refractivity contribution is 5.74. The fourth-order valence-electron chi connectivity index (χ4n) is 3.89. The highest BCUT2D eigenvalue weighted by Gasteiger charge is 2.33. The molecule has 0 spiro atoms. The third-order valence-electron chi connectivity index (χ3n) is 5.16. The number of benzene rings is 1. The van der Waals surface area contributed by atoms with Crippen LogP contribution in [0, 0.1) is 0 Å². The van der Waals surface area contributed by atoms with Gasteiger partial charge in [0, 0.05) is 32.6 Å². The molecule has 3 rings (SSSR count). The predicted octanol–water partition coefficient (Wildman–Crippen LogP) is 2.84. The Balaban J connectivity index is 1.79. The summed E-state index contributed by atoms with van der Waals surface area (Å²) in [6.45, 7) is 4.48. The van der Waals surface area contributed by atoms with Gasteiger partial charge in [-0.2, -0.15) is 0 Å². The van der Waals surface area contributed by atoms with Gasteiger partial charge in [0.1, 0.15) is 5.75 Å². The van der Waals surface area contributed by atoms with E-state index in [1.54, 1.807) is 14.0 Å². The highest BCUT2D eigenvalue weighted by atomic mass is 16.5. The molecular formula is C18H26N2O2. The number of amides is 1. The number of carbonyl (C=O) groups is 1. The molecule has 1 aliphatic carbocycles.